The predicted octanol–water partition coefficient (Wildman–Crippen LogP) is 1.47. The van der Waals surface area contributed by atoms with Gasteiger partial charge < -0.3 is 10.5 Å². The molecule has 0 radical (unpaired) electrons. The number of nitrogens with zero attached hydrogens (tertiary/aromatic N) is 1. The molecule has 90 valence electrons. The van der Waals surface area contributed by atoms with Gasteiger partial charge in [-0.1, -0.05) is 20.8 Å². The molecule has 0 aliphatic carbocycles. The zero-order valence-corrected chi connectivity index (χ0v) is 10.8. The van der Waals surface area contributed by atoms with Crippen LogP contribution in [0.1, 0.15) is 34.6 Å². The quantitative estimate of drug-likeness (QED) is 0.756. The van der Waals surface area contributed by atoms with Gasteiger partial charge in [0.25, 0.3) is 0 Å². The molecule has 0 saturated carbocycles. The van der Waals surface area contributed by atoms with Crippen molar-refractivity contribution in [1.29, 1.82) is 0 Å². The van der Waals surface area contributed by atoms with Crippen LogP contribution in [0, 0.1) is 5.41 Å². The minimum absolute atomic E-state index is 0.200. The van der Waals surface area contributed by atoms with Crippen molar-refractivity contribution in [1.82, 2.24) is 4.90 Å². The molecule has 0 bridgehead atoms. The lowest BCUT2D eigenvalue weighted by atomic mass is 9.81. The summed E-state index contributed by atoms with van der Waals surface area (Å²) in [6.07, 6.45) is 0. The number of morpholine rings is 1. The predicted molar refractivity (Wildman–Crippen MR) is 63.9 cm³/mol. The van der Waals surface area contributed by atoms with Gasteiger partial charge >= 0.3 is 0 Å². The molecular formula is C12H26N2O. The third-order valence-corrected chi connectivity index (χ3v) is 3.16. The molecule has 1 aliphatic rings. The topological polar surface area (TPSA) is 38.5 Å². The normalized spacial score (nSPS) is 28.8. The fourth-order valence-electron chi connectivity index (χ4n) is 2.74. The number of hydrogen-bond acceptors (Lipinski definition) is 3. The van der Waals surface area contributed by atoms with Crippen LogP contribution in [0.3, 0.4) is 0 Å². The van der Waals surface area contributed by atoms with Crippen molar-refractivity contribution in [2.45, 2.75) is 52.7 Å². The lowest BCUT2D eigenvalue weighted by Crippen LogP contribution is -2.59. The van der Waals surface area contributed by atoms with E-state index in [-0.39, 0.29) is 11.5 Å². The highest BCUT2D eigenvalue weighted by atomic mass is 16.5. The minimum Gasteiger partial charge on any atom is -0.379 e. The molecule has 15 heavy (non-hydrogen) atoms. The average molecular weight is 214 g/mol. The standard InChI is InChI=1S/C12H26N2O/c1-9-8-15-7-6-14(9)11(10(2)13)12(3,4)5/h9-11H,6-8,13H2,1-5H3. The molecule has 1 saturated heterocycles. The lowest BCUT2D eigenvalue weighted by Gasteiger charge is -2.47. The molecule has 1 aliphatic heterocycles. The van der Waals surface area contributed by atoms with Gasteiger partial charge in [0.15, 0.2) is 0 Å². The summed E-state index contributed by atoms with van der Waals surface area (Å²) in [6, 6.07) is 1.11. The summed E-state index contributed by atoms with van der Waals surface area (Å²) in [6.45, 7) is 13.8. The highest BCUT2D eigenvalue weighted by molar-refractivity contribution is 4.92. The maximum absolute atomic E-state index is 6.13. The van der Waals surface area contributed by atoms with Crippen molar-refractivity contribution in [3.8, 4) is 0 Å². The zero-order chi connectivity index (χ0) is 11.6. The first-order valence-electron chi connectivity index (χ1n) is 5.93. The summed E-state index contributed by atoms with van der Waals surface area (Å²) in [4.78, 5) is 2.51. The van der Waals surface area contributed by atoms with Crippen LogP contribution in [0.4, 0.5) is 0 Å². The zero-order valence-electron chi connectivity index (χ0n) is 10.8. The van der Waals surface area contributed by atoms with E-state index in [0.29, 0.717) is 12.1 Å². The number of rotatable bonds is 2. The van der Waals surface area contributed by atoms with Crippen LogP contribution in [0.2, 0.25) is 0 Å². The largest absolute Gasteiger partial charge is 0.379 e. The Hall–Kier alpha value is -0.120. The van der Waals surface area contributed by atoms with E-state index in [2.05, 4.69) is 39.5 Å². The summed E-state index contributed by atoms with van der Waals surface area (Å²) >= 11 is 0. The van der Waals surface area contributed by atoms with Crippen molar-refractivity contribution in [3.05, 3.63) is 0 Å². The van der Waals surface area contributed by atoms with Gasteiger partial charge in [0.05, 0.1) is 13.2 Å². The van der Waals surface area contributed by atoms with Crippen molar-refractivity contribution in [3.63, 3.8) is 0 Å². The Kier molecular flexibility index (Phi) is 4.15. The molecule has 3 atom stereocenters. The molecule has 0 aromatic heterocycles. The monoisotopic (exact) mass is 214 g/mol. The Morgan fingerprint density at radius 1 is 1.40 bits per heavy atom. The second-order valence-corrected chi connectivity index (χ2v) is 5.83. The molecule has 3 heteroatoms. The summed E-state index contributed by atoms with van der Waals surface area (Å²) in [5, 5.41) is 0. The summed E-state index contributed by atoms with van der Waals surface area (Å²) in [5.41, 5.74) is 6.36. The Balaban J connectivity index is 2.78. The van der Waals surface area contributed by atoms with Crippen LogP contribution < -0.4 is 5.73 Å². The SMILES string of the molecule is CC(N)C(N1CCOCC1C)C(C)(C)C. The molecular weight excluding hydrogens is 188 g/mol. The number of hydrogen-bond donors (Lipinski definition) is 1. The first-order valence-corrected chi connectivity index (χ1v) is 5.93. The third kappa shape index (κ3) is 3.16. The molecule has 1 rings (SSSR count). The molecule has 1 fully saturated rings. The van der Waals surface area contributed by atoms with Crippen molar-refractivity contribution in [2.24, 2.45) is 11.1 Å². The van der Waals surface area contributed by atoms with Crippen LogP contribution in [0.5, 0.6) is 0 Å². The van der Waals surface area contributed by atoms with Crippen molar-refractivity contribution < 1.29 is 4.74 Å². The molecule has 0 aromatic carbocycles. The Morgan fingerprint density at radius 2 is 2.00 bits per heavy atom. The smallest absolute Gasteiger partial charge is 0.0619 e. The van der Waals surface area contributed by atoms with Gasteiger partial charge in [-0.25, -0.2) is 0 Å². The maximum atomic E-state index is 6.13. The van der Waals surface area contributed by atoms with E-state index in [1.165, 1.54) is 0 Å². The first kappa shape index (κ1) is 12.9. The van der Waals surface area contributed by atoms with Gasteiger partial charge in [0.1, 0.15) is 0 Å². The lowest BCUT2D eigenvalue weighted by molar-refractivity contribution is -0.0515. The van der Waals surface area contributed by atoms with Crippen LogP contribution in [-0.2, 0) is 4.74 Å². The molecule has 0 aromatic rings. The van der Waals surface area contributed by atoms with E-state index in [4.69, 9.17) is 10.5 Å². The molecule has 0 spiro atoms. The second kappa shape index (κ2) is 4.81. The fraction of sp³-hybridized carbons (Fsp3) is 1.00. The Bertz CT molecular complexity index is 198. The van der Waals surface area contributed by atoms with Crippen LogP contribution in [0.25, 0.3) is 0 Å². The van der Waals surface area contributed by atoms with E-state index in [0.717, 1.165) is 19.8 Å². The Morgan fingerprint density at radius 3 is 2.40 bits per heavy atom. The molecule has 1 heterocycles. The number of nitrogens with two attached hydrogens (primary N) is 1. The second-order valence-electron chi connectivity index (χ2n) is 5.83. The first-order chi connectivity index (χ1) is 6.84. The van der Waals surface area contributed by atoms with Gasteiger partial charge in [0, 0.05) is 24.7 Å². The van der Waals surface area contributed by atoms with Crippen molar-refractivity contribution >= 4 is 0 Å². The van der Waals surface area contributed by atoms with Gasteiger partial charge in [-0.15, -0.1) is 0 Å². The summed E-state index contributed by atoms with van der Waals surface area (Å²) < 4.78 is 5.47. The van der Waals surface area contributed by atoms with E-state index in [1.54, 1.807) is 0 Å². The third-order valence-electron chi connectivity index (χ3n) is 3.16. The van der Waals surface area contributed by atoms with E-state index < -0.39 is 0 Å². The van der Waals surface area contributed by atoms with Crippen LogP contribution >= 0.6 is 0 Å². The fourth-order valence-corrected chi connectivity index (χ4v) is 2.74. The van der Waals surface area contributed by atoms with Crippen LogP contribution in [0.15, 0.2) is 0 Å². The van der Waals surface area contributed by atoms with Gasteiger partial charge in [-0.2, -0.15) is 0 Å². The van der Waals surface area contributed by atoms with Gasteiger partial charge in [-0.3, -0.25) is 4.90 Å². The summed E-state index contributed by atoms with van der Waals surface area (Å²) in [5.74, 6) is 0. The summed E-state index contributed by atoms with van der Waals surface area (Å²) in [7, 11) is 0. The molecule has 0 amide bonds. The Labute approximate surface area is 94.0 Å². The molecule has 3 unspecified atom stereocenters. The van der Waals surface area contributed by atoms with E-state index >= 15 is 0 Å². The van der Waals surface area contributed by atoms with Crippen LogP contribution in [-0.4, -0.2) is 42.8 Å². The molecule has 3 nitrogen and oxygen atoms in total. The van der Waals surface area contributed by atoms with Gasteiger partial charge in [-0.05, 0) is 19.3 Å². The minimum atomic E-state index is 0.200. The van der Waals surface area contributed by atoms with Gasteiger partial charge in [0.2, 0.25) is 0 Å². The van der Waals surface area contributed by atoms with E-state index in [9.17, 15) is 0 Å². The highest BCUT2D eigenvalue weighted by Gasteiger charge is 2.36. The maximum Gasteiger partial charge on any atom is 0.0619 e. The molecule has 2 N–H and O–H groups in total. The highest BCUT2D eigenvalue weighted by Crippen LogP contribution is 2.28. The van der Waals surface area contributed by atoms with Crippen molar-refractivity contribution in [2.75, 3.05) is 19.8 Å². The number of ether oxygens (including phenoxy) is 1. The van der Waals surface area contributed by atoms with E-state index in [1.807, 2.05) is 0 Å². The average Bonchev–Trinajstić information content (AvgIpc) is 2.05.